The SMILES string of the molecule is CC(N)c1ccccc1-c1cccc(Br)c1. The fourth-order valence-electron chi connectivity index (χ4n) is 1.81. The first-order valence-corrected chi connectivity index (χ1v) is 6.08. The summed E-state index contributed by atoms with van der Waals surface area (Å²) in [5, 5.41) is 0. The molecule has 0 aliphatic heterocycles. The predicted octanol–water partition coefficient (Wildman–Crippen LogP) is 4.14. The lowest BCUT2D eigenvalue weighted by Gasteiger charge is -2.12. The van der Waals surface area contributed by atoms with E-state index in [2.05, 4.69) is 40.2 Å². The van der Waals surface area contributed by atoms with Crippen LogP contribution in [0.15, 0.2) is 53.0 Å². The van der Waals surface area contributed by atoms with Crippen molar-refractivity contribution >= 4 is 15.9 Å². The first kappa shape index (κ1) is 11.4. The summed E-state index contributed by atoms with van der Waals surface area (Å²) in [7, 11) is 0. The van der Waals surface area contributed by atoms with Gasteiger partial charge in [-0.15, -0.1) is 0 Å². The minimum absolute atomic E-state index is 0.0511. The molecule has 2 aromatic carbocycles. The van der Waals surface area contributed by atoms with Crippen LogP contribution < -0.4 is 5.73 Å². The smallest absolute Gasteiger partial charge is 0.0272 e. The number of benzene rings is 2. The molecule has 0 saturated carbocycles. The van der Waals surface area contributed by atoms with Crippen LogP contribution in [0.5, 0.6) is 0 Å². The molecule has 0 spiro atoms. The van der Waals surface area contributed by atoms with Gasteiger partial charge in [0.15, 0.2) is 0 Å². The Hall–Kier alpha value is -1.12. The van der Waals surface area contributed by atoms with Gasteiger partial charge >= 0.3 is 0 Å². The molecule has 0 amide bonds. The van der Waals surface area contributed by atoms with E-state index in [1.807, 2.05) is 31.2 Å². The summed E-state index contributed by atoms with van der Waals surface area (Å²) in [6, 6.07) is 16.6. The monoisotopic (exact) mass is 275 g/mol. The van der Waals surface area contributed by atoms with E-state index in [1.165, 1.54) is 16.7 Å². The highest BCUT2D eigenvalue weighted by molar-refractivity contribution is 9.10. The molecule has 82 valence electrons. The minimum atomic E-state index is 0.0511. The summed E-state index contributed by atoms with van der Waals surface area (Å²) >= 11 is 3.49. The van der Waals surface area contributed by atoms with Crippen LogP contribution in [0.1, 0.15) is 18.5 Å². The van der Waals surface area contributed by atoms with Crippen LogP contribution in [0.25, 0.3) is 11.1 Å². The molecule has 2 aromatic rings. The summed E-state index contributed by atoms with van der Waals surface area (Å²) < 4.78 is 1.09. The van der Waals surface area contributed by atoms with Gasteiger partial charge in [-0.2, -0.15) is 0 Å². The van der Waals surface area contributed by atoms with Crippen molar-refractivity contribution in [1.29, 1.82) is 0 Å². The summed E-state index contributed by atoms with van der Waals surface area (Å²) in [5.41, 5.74) is 9.56. The molecule has 1 atom stereocenters. The first-order chi connectivity index (χ1) is 7.68. The largest absolute Gasteiger partial charge is 0.324 e. The average Bonchev–Trinajstić information content (AvgIpc) is 2.29. The van der Waals surface area contributed by atoms with Gasteiger partial charge in [0.2, 0.25) is 0 Å². The molecule has 1 unspecified atom stereocenters. The van der Waals surface area contributed by atoms with Gasteiger partial charge in [-0.25, -0.2) is 0 Å². The van der Waals surface area contributed by atoms with E-state index >= 15 is 0 Å². The third-order valence-corrected chi connectivity index (χ3v) is 3.08. The van der Waals surface area contributed by atoms with Gasteiger partial charge in [-0.1, -0.05) is 52.3 Å². The molecular formula is C14H14BrN. The van der Waals surface area contributed by atoms with Crippen molar-refractivity contribution in [2.45, 2.75) is 13.0 Å². The molecule has 0 heterocycles. The average molecular weight is 276 g/mol. The molecule has 0 bridgehead atoms. The Morgan fingerprint density at radius 3 is 2.50 bits per heavy atom. The second-order valence-corrected chi connectivity index (χ2v) is 4.80. The van der Waals surface area contributed by atoms with Crippen molar-refractivity contribution in [1.82, 2.24) is 0 Å². The van der Waals surface area contributed by atoms with Crippen LogP contribution in [0.3, 0.4) is 0 Å². The standard InChI is InChI=1S/C14H14BrN/c1-10(16)13-7-2-3-8-14(13)11-5-4-6-12(15)9-11/h2-10H,16H2,1H3. The normalized spacial score (nSPS) is 12.4. The van der Waals surface area contributed by atoms with Gasteiger partial charge in [0, 0.05) is 10.5 Å². The summed E-state index contributed by atoms with van der Waals surface area (Å²) in [4.78, 5) is 0. The van der Waals surface area contributed by atoms with Crippen molar-refractivity contribution in [3.8, 4) is 11.1 Å². The Morgan fingerprint density at radius 1 is 1.06 bits per heavy atom. The Kier molecular flexibility index (Phi) is 3.42. The van der Waals surface area contributed by atoms with E-state index in [0.29, 0.717) is 0 Å². The van der Waals surface area contributed by atoms with Crippen molar-refractivity contribution in [3.63, 3.8) is 0 Å². The van der Waals surface area contributed by atoms with Gasteiger partial charge in [-0.05, 0) is 35.7 Å². The molecule has 0 saturated heterocycles. The molecule has 2 rings (SSSR count). The maximum Gasteiger partial charge on any atom is 0.0272 e. The predicted molar refractivity (Wildman–Crippen MR) is 72.2 cm³/mol. The highest BCUT2D eigenvalue weighted by Crippen LogP contribution is 2.28. The summed E-state index contributed by atoms with van der Waals surface area (Å²) in [5.74, 6) is 0. The molecule has 2 heteroatoms. The number of nitrogens with two attached hydrogens (primary N) is 1. The van der Waals surface area contributed by atoms with Crippen LogP contribution in [0.2, 0.25) is 0 Å². The third kappa shape index (κ3) is 2.34. The topological polar surface area (TPSA) is 26.0 Å². The minimum Gasteiger partial charge on any atom is -0.324 e. The maximum absolute atomic E-state index is 5.98. The van der Waals surface area contributed by atoms with Gasteiger partial charge in [0.05, 0.1) is 0 Å². The van der Waals surface area contributed by atoms with E-state index in [-0.39, 0.29) is 6.04 Å². The van der Waals surface area contributed by atoms with Gasteiger partial charge in [0.1, 0.15) is 0 Å². The van der Waals surface area contributed by atoms with Crippen LogP contribution in [0.4, 0.5) is 0 Å². The highest BCUT2D eigenvalue weighted by Gasteiger charge is 2.07. The number of hydrogen-bond donors (Lipinski definition) is 1. The number of hydrogen-bond acceptors (Lipinski definition) is 1. The molecule has 16 heavy (non-hydrogen) atoms. The zero-order valence-corrected chi connectivity index (χ0v) is 10.7. The molecule has 0 aliphatic carbocycles. The molecule has 0 aliphatic rings. The van der Waals surface area contributed by atoms with E-state index in [1.54, 1.807) is 0 Å². The molecule has 0 radical (unpaired) electrons. The highest BCUT2D eigenvalue weighted by atomic mass is 79.9. The van der Waals surface area contributed by atoms with Crippen molar-refractivity contribution < 1.29 is 0 Å². The first-order valence-electron chi connectivity index (χ1n) is 5.29. The van der Waals surface area contributed by atoms with Crippen molar-refractivity contribution in [2.24, 2.45) is 5.73 Å². The van der Waals surface area contributed by atoms with E-state index in [0.717, 1.165) is 4.47 Å². The third-order valence-electron chi connectivity index (χ3n) is 2.59. The van der Waals surface area contributed by atoms with Crippen LogP contribution in [0, 0.1) is 0 Å². The van der Waals surface area contributed by atoms with Gasteiger partial charge in [0.25, 0.3) is 0 Å². The quantitative estimate of drug-likeness (QED) is 0.876. The van der Waals surface area contributed by atoms with E-state index in [9.17, 15) is 0 Å². The molecule has 0 aromatic heterocycles. The van der Waals surface area contributed by atoms with Crippen molar-refractivity contribution in [3.05, 3.63) is 58.6 Å². The Labute approximate surface area is 104 Å². The lowest BCUT2D eigenvalue weighted by Crippen LogP contribution is -2.06. The Morgan fingerprint density at radius 2 is 1.81 bits per heavy atom. The summed E-state index contributed by atoms with van der Waals surface area (Å²) in [6.07, 6.45) is 0. The zero-order chi connectivity index (χ0) is 11.5. The molecule has 2 N–H and O–H groups in total. The zero-order valence-electron chi connectivity index (χ0n) is 9.15. The van der Waals surface area contributed by atoms with E-state index < -0.39 is 0 Å². The Balaban J connectivity index is 2.55. The lowest BCUT2D eigenvalue weighted by molar-refractivity contribution is 0.820. The Bertz CT molecular complexity index is 492. The van der Waals surface area contributed by atoms with Crippen LogP contribution in [-0.4, -0.2) is 0 Å². The van der Waals surface area contributed by atoms with Crippen molar-refractivity contribution in [2.75, 3.05) is 0 Å². The van der Waals surface area contributed by atoms with Gasteiger partial charge < -0.3 is 5.73 Å². The lowest BCUT2D eigenvalue weighted by atomic mass is 9.96. The maximum atomic E-state index is 5.98. The van der Waals surface area contributed by atoms with Crippen LogP contribution >= 0.6 is 15.9 Å². The molecular weight excluding hydrogens is 262 g/mol. The van der Waals surface area contributed by atoms with E-state index in [4.69, 9.17) is 5.73 Å². The fourth-order valence-corrected chi connectivity index (χ4v) is 2.21. The van der Waals surface area contributed by atoms with Gasteiger partial charge in [-0.3, -0.25) is 0 Å². The van der Waals surface area contributed by atoms with Crippen LogP contribution in [-0.2, 0) is 0 Å². The molecule has 1 nitrogen and oxygen atoms in total. The second-order valence-electron chi connectivity index (χ2n) is 3.89. The molecule has 0 fully saturated rings. The summed E-state index contributed by atoms with van der Waals surface area (Å²) in [6.45, 7) is 2.01. The number of rotatable bonds is 2. The number of halogens is 1. The fraction of sp³-hybridized carbons (Fsp3) is 0.143. The second kappa shape index (κ2) is 4.81.